The molecular formula is C16H13BrN2O3S2. The van der Waals surface area contributed by atoms with Gasteiger partial charge in [0.05, 0.1) is 27.2 Å². The number of halogens is 1. The molecule has 0 bridgehead atoms. The third-order valence-electron chi connectivity index (χ3n) is 3.62. The van der Waals surface area contributed by atoms with Gasteiger partial charge in [-0.1, -0.05) is 11.3 Å². The molecule has 0 atom stereocenters. The summed E-state index contributed by atoms with van der Waals surface area (Å²) >= 11 is 6.31. The van der Waals surface area contributed by atoms with Gasteiger partial charge in [-0.3, -0.25) is 0 Å². The number of esters is 1. The van der Waals surface area contributed by atoms with Gasteiger partial charge in [0, 0.05) is 19.2 Å². The maximum absolute atomic E-state index is 12.1. The van der Waals surface area contributed by atoms with Gasteiger partial charge in [-0.15, -0.1) is 11.3 Å². The number of aromatic nitrogens is 1. The van der Waals surface area contributed by atoms with E-state index in [-0.39, 0.29) is 5.97 Å². The first-order chi connectivity index (χ1) is 11.7. The van der Waals surface area contributed by atoms with E-state index in [1.54, 1.807) is 23.5 Å². The maximum atomic E-state index is 12.1. The molecule has 5 nitrogen and oxygen atoms in total. The fraction of sp³-hybridized carbons (Fsp3) is 0.250. The molecule has 4 rings (SSSR count). The normalized spacial score (nSPS) is 15.0. The van der Waals surface area contributed by atoms with Crippen LogP contribution < -0.4 is 9.64 Å². The number of thiophene rings is 1. The second-order valence-electron chi connectivity index (χ2n) is 5.22. The van der Waals surface area contributed by atoms with E-state index in [9.17, 15) is 4.79 Å². The largest absolute Gasteiger partial charge is 0.422 e. The molecule has 124 valence electrons. The molecule has 1 aliphatic rings. The summed E-state index contributed by atoms with van der Waals surface area (Å²) < 4.78 is 12.8. The van der Waals surface area contributed by atoms with E-state index in [0.717, 1.165) is 45.4 Å². The summed E-state index contributed by atoms with van der Waals surface area (Å²) in [5.41, 5.74) is 0.917. The molecule has 3 aromatic rings. The monoisotopic (exact) mass is 424 g/mol. The standard InChI is InChI=1S/C16H13BrN2O3S2/c17-14-4-3-12(23-14)15(20)22-10-1-2-11-13(9-10)24-16(18-11)19-5-7-21-8-6-19/h1-4,9H,5-8H2. The lowest BCUT2D eigenvalue weighted by molar-refractivity contribution is 0.0740. The van der Waals surface area contributed by atoms with Gasteiger partial charge < -0.3 is 14.4 Å². The number of thiazole rings is 1. The average molecular weight is 425 g/mol. The average Bonchev–Trinajstić information content (AvgIpc) is 3.21. The van der Waals surface area contributed by atoms with E-state index in [4.69, 9.17) is 9.47 Å². The van der Waals surface area contributed by atoms with Crippen molar-refractivity contribution in [3.63, 3.8) is 0 Å². The number of hydrogen-bond acceptors (Lipinski definition) is 7. The predicted octanol–water partition coefficient (Wildman–Crippen LogP) is 4.18. The third-order valence-corrected chi connectivity index (χ3v) is 6.30. The zero-order chi connectivity index (χ0) is 16.5. The molecule has 3 heterocycles. The molecule has 0 unspecified atom stereocenters. The molecular weight excluding hydrogens is 412 g/mol. The zero-order valence-corrected chi connectivity index (χ0v) is 15.7. The molecule has 8 heteroatoms. The number of carbonyl (C=O) groups is 1. The Morgan fingerprint density at radius 3 is 2.79 bits per heavy atom. The highest BCUT2D eigenvalue weighted by Gasteiger charge is 2.16. The van der Waals surface area contributed by atoms with Gasteiger partial charge in [0.25, 0.3) is 0 Å². The summed E-state index contributed by atoms with van der Waals surface area (Å²) in [6.07, 6.45) is 0. The number of anilines is 1. The molecule has 0 radical (unpaired) electrons. The summed E-state index contributed by atoms with van der Waals surface area (Å²) in [7, 11) is 0. The minimum atomic E-state index is -0.344. The van der Waals surface area contributed by atoms with Crippen LogP contribution in [0.2, 0.25) is 0 Å². The van der Waals surface area contributed by atoms with Crippen LogP contribution in [0.4, 0.5) is 5.13 Å². The highest BCUT2D eigenvalue weighted by atomic mass is 79.9. The number of morpholine rings is 1. The van der Waals surface area contributed by atoms with Gasteiger partial charge in [-0.05, 0) is 40.2 Å². The second kappa shape index (κ2) is 6.79. The van der Waals surface area contributed by atoms with Crippen molar-refractivity contribution in [2.45, 2.75) is 0 Å². The minimum absolute atomic E-state index is 0.344. The highest BCUT2D eigenvalue weighted by Crippen LogP contribution is 2.32. The van der Waals surface area contributed by atoms with Gasteiger partial charge in [-0.25, -0.2) is 9.78 Å². The van der Waals surface area contributed by atoms with Gasteiger partial charge in [0.15, 0.2) is 5.13 Å². The van der Waals surface area contributed by atoms with E-state index in [2.05, 4.69) is 25.8 Å². The lowest BCUT2D eigenvalue weighted by Gasteiger charge is -2.25. The number of nitrogens with zero attached hydrogens (tertiary/aromatic N) is 2. The molecule has 0 aliphatic carbocycles. The van der Waals surface area contributed by atoms with Crippen molar-refractivity contribution in [2.24, 2.45) is 0 Å². The smallest absolute Gasteiger partial charge is 0.353 e. The Hall–Kier alpha value is -1.48. The van der Waals surface area contributed by atoms with E-state index < -0.39 is 0 Å². The lowest BCUT2D eigenvalue weighted by atomic mass is 10.3. The van der Waals surface area contributed by atoms with Crippen LogP contribution in [0.5, 0.6) is 5.75 Å². The summed E-state index contributed by atoms with van der Waals surface area (Å²) in [5, 5.41) is 0.985. The first kappa shape index (κ1) is 16.0. The Kier molecular flexibility index (Phi) is 4.53. The highest BCUT2D eigenvalue weighted by molar-refractivity contribution is 9.11. The van der Waals surface area contributed by atoms with Gasteiger partial charge in [-0.2, -0.15) is 0 Å². The third kappa shape index (κ3) is 3.32. The Bertz CT molecular complexity index is 886. The molecule has 1 aromatic carbocycles. The Labute approximate surface area is 155 Å². The summed E-state index contributed by atoms with van der Waals surface area (Å²) in [5.74, 6) is 0.192. The van der Waals surface area contributed by atoms with Gasteiger partial charge in [0.1, 0.15) is 10.6 Å². The van der Waals surface area contributed by atoms with E-state index in [0.29, 0.717) is 10.6 Å². The number of benzene rings is 1. The Morgan fingerprint density at radius 1 is 1.21 bits per heavy atom. The van der Waals surface area contributed by atoms with E-state index in [1.807, 2.05) is 18.2 Å². The van der Waals surface area contributed by atoms with Crippen molar-refractivity contribution in [2.75, 3.05) is 31.2 Å². The number of carbonyl (C=O) groups excluding carboxylic acids is 1. The van der Waals surface area contributed by atoms with E-state index >= 15 is 0 Å². The fourth-order valence-corrected chi connectivity index (χ4v) is 4.74. The molecule has 0 saturated carbocycles. The molecule has 24 heavy (non-hydrogen) atoms. The maximum Gasteiger partial charge on any atom is 0.353 e. The van der Waals surface area contributed by atoms with Gasteiger partial charge >= 0.3 is 5.97 Å². The summed E-state index contributed by atoms with van der Waals surface area (Å²) in [4.78, 5) is 19.6. The van der Waals surface area contributed by atoms with Gasteiger partial charge in [0.2, 0.25) is 0 Å². The van der Waals surface area contributed by atoms with Crippen molar-refractivity contribution < 1.29 is 14.3 Å². The van der Waals surface area contributed by atoms with Crippen LogP contribution in [-0.4, -0.2) is 37.3 Å². The Balaban J connectivity index is 1.55. The zero-order valence-electron chi connectivity index (χ0n) is 12.5. The number of fused-ring (bicyclic) bond motifs is 1. The van der Waals surface area contributed by atoms with E-state index in [1.165, 1.54) is 11.3 Å². The fourth-order valence-electron chi connectivity index (χ4n) is 2.43. The lowest BCUT2D eigenvalue weighted by Crippen LogP contribution is -2.36. The minimum Gasteiger partial charge on any atom is -0.422 e. The molecule has 0 amide bonds. The van der Waals surface area contributed by atoms with Crippen LogP contribution in [0, 0.1) is 0 Å². The van der Waals surface area contributed by atoms with Crippen molar-refractivity contribution in [3.05, 3.63) is 39.0 Å². The number of rotatable bonds is 3. The predicted molar refractivity (Wildman–Crippen MR) is 99.6 cm³/mol. The summed E-state index contributed by atoms with van der Waals surface area (Å²) in [6, 6.07) is 9.13. The molecule has 2 aromatic heterocycles. The SMILES string of the molecule is O=C(Oc1ccc2nc(N3CCOCC3)sc2c1)c1ccc(Br)s1. The first-order valence-corrected chi connectivity index (χ1v) is 9.82. The molecule has 0 N–H and O–H groups in total. The number of hydrogen-bond donors (Lipinski definition) is 0. The van der Waals surface area contributed by atoms with Crippen LogP contribution in [0.3, 0.4) is 0 Å². The van der Waals surface area contributed by atoms with Crippen LogP contribution >= 0.6 is 38.6 Å². The molecule has 1 aliphatic heterocycles. The molecule has 1 saturated heterocycles. The van der Waals surface area contributed by atoms with Crippen LogP contribution in [0.1, 0.15) is 9.67 Å². The van der Waals surface area contributed by atoms with Crippen molar-refractivity contribution >= 4 is 59.9 Å². The van der Waals surface area contributed by atoms with Crippen molar-refractivity contribution in [1.82, 2.24) is 4.98 Å². The second-order valence-corrected chi connectivity index (χ2v) is 8.69. The van der Waals surface area contributed by atoms with Crippen LogP contribution in [-0.2, 0) is 4.74 Å². The number of ether oxygens (including phenoxy) is 2. The van der Waals surface area contributed by atoms with Crippen LogP contribution in [0.15, 0.2) is 34.1 Å². The van der Waals surface area contributed by atoms with Crippen molar-refractivity contribution in [1.29, 1.82) is 0 Å². The summed E-state index contributed by atoms with van der Waals surface area (Å²) in [6.45, 7) is 3.17. The molecule has 1 fully saturated rings. The molecule has 0 spiro atoms. The quantitative estimate of drug-likeness (QED) is 0.466. The van der Waals surface area contributed by atoms with Crippen LogP contribution in [0.25, 0.3) is 10.2 Å². The van der Waals surface area contributed by atoms with Crippen molar-refractivity contribution in [3.8, 4) is 5.75 Å². The topological polar surface area (TPSA) is 51.7 Å². The first-order valence-electron chi connectivity index (χ1n) is 7.40. The Morgan fingerprint density at radius 2 is 2.04 bits per heavy atom.